The van der Waals surface area contributed by atoms with Crippen molar-refractivity contribution in [2.45, 2.75) is 6.92 Å². The molecule has 1 fully saturated rings. The number of piperazine rings is 1. The van der Waals surface area contributed by atoms with E-state index in [1.165, 1.54) is 10.6 Å². The fourth-order valence-corrected chi connectivity index (χ4v) is 2.65. The molecule has 1 amide bonds. The molecule has 0 aromatic carbocycles. The molecule has 0 aromatic rings. The zero-order valence-corrected chi connectivity index (χ0v) is 12.0. The SMILES string of the molecule is CCOC(=O)NC(=S)N1CCN(S(C)(=O)=O)CC1. The van der Waals surface area contributed by atoms with Gasteiger partial charge in [0.2, 0.25) is 10.0 Å². The lowest BCUT2D eigenvalue weighted by Crippen LogP contribution is -2.53. The first-order chi connectivity index (χ1) is 8.34. The van der Waals surface area contributed by atoms with Gasteiger partial charge >= 0.3 is 6.09 Å². The van der Waals surface area contributed by atoms with Crippen molar-refractivity contribution in [1.29, 1.82) is 0 Å². The first-order valence-corrected chi connectivity index (χ1v) is 7.78. The monoisotopic (exact) mass is 295 g/mol. The first-order valence-electron chi connectivity index (χ1n) is 5.52. The Kier molecular flexibility index (Phi) is 5.29. The van der Waals surface area contributed by atoms with Gasteiger partial charge < -0.3 is 9.64 Å². The molecule has 9 heteroatoms. The zero-order chi connectivity index (χ0) is 13.8. The lowest BCUT2D eigenvalue weighted by atomic mass is 10.4. The van der Waals surface area contributed by atoms with Crippen molar-refractivity contribution in [2.75, 3.05) is 39.0 Å². The maximum atomic E-state index is 11.3. The second kappa shape index (κ2) is 6.30. The minimum atomic E-state index is -3.16. The molecule has 1 aliphatic heterocycles. The Morgan fingerprint density at radius 2 is 1.89 bits per heavy atom. The summed E-state index contributed by atoms with van der Waals surface area (Å²) in [6.07, 6.45) is 0.589. The van der Waals surface area contributed by atoms with Crippen molar-refractivity contribution < 1.29 is 17.9 Å². The first kappa shape index (κ1) is 15.1. The van der Waals surface area contributed by atoms with Gasteiger partial charge in [0.05, 0.1) is 12.9 Å². The van der Waals surface area contributed by atoms with Crippen molar-refractivity contribution in [1.82, 2.24) is 14.5 Å². The zero-order valence-electron chi connectivity index (χ0n) is 10.4. The standard InChI is InChI=1S/C9H17N3O4S2/c1-3-16-9(13)10-8(17)11-4-6-12(7-5-11)18(2,14)15/h3-7H2,1-2H3,(H,10,13,17). The smallest absolute Gasteiger partial charge is 0.413 e. The number of hydrogen-bond acceptors (Lipinski definition) is 5. The number of carbonyl (C=O) groups excluding carboxylic acids is 1. The number of hydrogen-bond donors (Lipinski definition) is 1. The molecular weight excluding hydrogens is 278 g/mol. The highest BCUT2D eigenvalue weighted by atomic mass is 32.2. The van der Waals surface area contributed by atoms with Crippen LogP contribution in [-0.2, 0) is 14.8 Å². The highest BCUT2D eigenvalue weighted by Crippen LogP contribution is 2.06. The molecule has 0 unspecified atom stereocenters. The van der Waals surface area contributed by atoms with E-state index in [2.05, 4.69) is 5.32 Å². The number of nitrogens with zero attached hydrogens (tertiary/aromatic N) is 2. The van der Waals surface area contributed by atoms with Crippen LogP contribution in [0.2, 0.25) is 0 Å². The second-order valence-electron chi connectivity index (χ2n) is 3.80. The van der Waals surface area contributed by atoms with Crippen LogP contribution in [0.5, 0.6) is 0 Å². The van der Waals surface area contributed by atoms with E-state index in [4.69, 9.17) is 17.0 Å². The number of amides is 1. The van der Waals surface area contributed by atoms with Crippen LogP contribution < -0.4 is 5.32 Å². The summed E-state index contributed by atoms with van der Waals surface area (Å²) in [4.78, 5) is 12.9. The average molecular weight is 295 g/mol. The Morgan fingerprint density at radius 3 is 2.33 bits per heavy atom. The van der Waals surface area contributed by atoms with E-state index in [0.29, 0.717) is 26.2 Å². The Labute approximate surface area is 112 Å². The molecule has 1 saturated heterocycles. The second-order valence-corrected chi connectivity index (χ2v) is 6.17. The van der Waals surface area contributed by atoms with Crippen LogP contribution in [-0.4, -0.2) is 67.9 Å². The van der Waals surface area contributed by atoms with Gasteiger partial charge in [0.1, 0.15) is 0 Å². The summed E-state index contributed by atoms with van der Waals surface area (Å²) in [5.74, 6) is 0. The molecule has 0 atom stereocenters. The van der Waals surface area contributed by atoms with Crippen molar-refractivity contribution >= 4 is 33.4 Å². The van der Waals surface area contributed by atoms with Gasteiger partial charge in [-0.15, -0.1) is 0 Å². The van der Waals surface area contributed by atoms with E-state index in [-0.39, 0.29) is 11.7 Å². The fraction of sp³-hybridized carbons (Fsp3) is 0.778. The molecule has 104 valence electrons. The molecule has 0 saturated carbocycles. The van der Waals surface area contributed by atoms with Gasteiger partial charge in [0.15, 0.2) is 5.11 Å². The number of thiocarbonyl (C=S) groups is 1. The molecule has 1 heterocycles. The highest BCUT2D eigenvalue weighted by molar-refractivity contribution is 7.88. The normalized spacial score (nSPS) is 17.3. The van der Waals surface area contributed by atoms with Gasteiger partial charge in [-0.3, -0.25) is 5.32 Å². The molecule has 1 N–H and O–H groups in total. The number of rotatable bonds is 2. The summed E-state index contributed by atoms with van der Waals surface area (Å²) < 4.78 is 28.7. The Bertz CT molecular complexity index is 416. The number of nitrogens with one attached hydrogen (secondary N) is 1. The van der Waals surface area contributed by atoms with Gasteiger partial charge in [0.25, 0.3) is 0 Å². The van der Waals surface area contributed by atoms with E-state index in [1.807, 2.05) is 0 Å². The van der Waals surface area contributed by atoms with E-state index in [0.717, 1.165) is 0 Å². The topological polar surface area (TPSA) is 79.0 Å². The summed E-state index contributed by atoms with van der Waals surface area (Å²) in [5, 5.41) is 2.70. The van der Waals surface area contributed by atoms with Crippen LogP contribution in [0.3, 0.4) is 0 Å². The molecule has 18 heavy (non-hydrogen) atoms. The number of carbonyl (C=O) groups is 1. The number of alkyl carbamates (subject to hydrolysis) is 1. The summed E-state index contributed by atoms with van der Waals surface area (Å²) in [5.41, 5.74) is 0. The molecule has 0 spiro atoms. The molecule has 1 aliphatic rings. The van der Waals surface area contributed by atoms with E-state index in [1.54, 1.807) is 11.8 Å². The van der Waals surface area contributed by atoms with Crippen molar-refractivity contribution in [3.63, 3.8) is 0 Å². The minimum absolute atomic E-state index is 0.265. The number of sulfonamides is 1. The largest absolute Gasteiger partial charge is 0.450 e. The third-order valence-electron chi connectivity index (χ3n) is 2.48. The summed E-state index contributed by atoms with van der Waals surface area (Å²) in [7, 11) is -3.16. The number of ether oxygens (including phenoxy) is 1. The highest BCUT2D eigenvalue weighted by Gasteiger charge is 2.25. The maximum Gasteiger partial charge on any atom is 0.413 e. The van der Waals surface area contributed by atoms with Gasteiger partial charge in [-0.05, 0) is 19.1 Å². The lowest BCUT2D eigenvalue weighted by molar-refractivity contribution is 0.156. The van der Waals surface area contributed by atoms with Crippen LogP contribution in [0.25, 0.3) is 0 Å². The molecule has 0 aliphatic carbocycles. The Morgan fingerprint density at radius 1 is 1.33 bits per heavy atom. The van der Waals surface area contributed by atoms with Crippen molar-refractivity contribution in [3.05, 3.63) is 0 Å². The maximum absolute atomic E-state index is 11.3. The molecule has 1 rings (SSSR count). The van der Waals surface area contributed by atoms with Gasteiger partial charge in [-0.1, -0.05) is 0 Å². The summed E-state index contributed by atoms with van der Waals surface area (Å²) in [6.45, 7) is 3.62. The third-order valence-corrected chi connectivity index (χ3v) is 4.14. The van der Waals surface area contributed by atoms with E-state index in [9.17, 15) is 13.2 Å². The Hall–Kier alpha value is -0.930. The minimum Gasteiger partial charge on any atom is -0.450 e. The van der Waals surface area contributed by atoms with Gasteiger partial charge in [-0.2, -0.15) is 4.31 Å². The Balaban J connectivity index is 2.43. The van der Waals surface area contributed by atoms with Crippen molar-refractivity contribution in [2.24, 2.45) is 0 Å². The van der Waals surface area contributed by atoms with Crippen LogP contribution in [0, 0.1) is 0 Å². The fourth-order valence-electron chi connectivity index (χ4n) is 1.56. The molecule has 7 nitrogen and oxygen atoms in total. The van der Waals surface area contributed by atoms with Crippen molar-refractivity contribution in [3.8, 4) is 0 Å². The predicted molar refractivity (Wildman–Crippen MR) is 70.7 cm³/mol. The predicted octanol–water partition coefficient (Wildman–Crippen LogP) is -0.405. The third kappa shape index (κ3) is 4.39. The van der Waals surface area contributed by atoms with Gasteiger partial charge in [-0.25, -0.2) is 13.2 Å². The van der Waals surface area contributed by atoms with E-state index >= 15 is 0 Å². The van der Waals surface area contributed by atoms with Crippen LogP contribution in [0.4, 0.5) is 4.79 Å². The molecular formula is C9H17N3O4S2. The molecule has 0 radical (unpaired) electrons. The average Bonchev–Trinajstić information content (AvgIpc) is 2.28. The summed E-state index contributed by atoms with van der Waals surface area (Å²) in [6, 6.07) is 0. The molecule has 0 aromatic heterocycles. The van der Waals surface area contributed by atoms with E-state index < -0.39 is 16.1 Å². The quantitative estimate of drug-likeness (QED) is 0.698. The van der Waals surface area contributed by atoms with Crippen LogP contribution >= 0.6 is 12.2 Å². The van der Waals surface area contributed by atoms with Crippen LogP contribution in [0.15, 0.2) is 0 Å². The lowest BCUT2D eigenvalue weighted by Gasteiger charge is -2.34. The molecule has 0 bridgehead atoms. The summed E-state index contributed by atoms with van der Waals surface area (Å²) >= 11 is 5.04. The van der Waals surface area contributed by atoms with Gasteiger partial charge in [0, 0.05) is 26.2 Å². The van der Waals surface area contributed by atoms with Crippen LogP contribution in [0.1, 0.15) is 6.92 Å².